The second-order valence-electron chi connectivity index (χ2n) is 4.35. The maximum Gasteiger partial charge on any atom is 0.226 e. The summed E-state index contributed by atoms with van der Waals surface area (Å²) in [6.07, 6.45) is 0.849. The van der Waals surface area contributed by atoms with Gasteiger partial charge in [0.15, 0.2) is 0 Å². The van der Waals surface area contributed by atoms with Gasteiger partial charge in [-0.2, -0.15) is 0 Å². The summed E-state index contributed by atoms with van der Waals surface area (Å²) in [5, 5.41) is 0. The maximum absolute atomic E-state index is 13.3. The van der Waals surface area contributed by atoms with Crippen LogP contribution < -0.4 is 5.73 Å². The molecular weight excluding hydrogens is 219 g/mol. The number of carbonyl (C=O) groups excluding carboxylic acids is 1. The lowest BCUT2D eigenvalue weighted by molar-refractivity contribution is -0.129. The Morgan fingerprint density at radius 3 is 2.71 bits per heavy atom. The SMILES string of the molecule is CC(N)CCN(C)C(=O)Cc1ccccc1F. The van der Waals surface area contributed by atoms with Crippen LogP contribution in [0.25, 0.3) is 0 Å². The van der Waals surface area contributed by atoms with E-state index in [9.17, 15) is 9.18 Å². The van der Waals surface area contributed by atoms with Gasteiger partial charge >= 0.3 is 0 Å². The first kappa shape index (κ1) is 13.6. The van der Waals surface area contributed by atoms with E-state index in [0.717, 1.165) is 6.42 Å². The van der Waals surface area contributed by atoms with Gasteiger partial charge in [0.05, 0.1) is 6.42 Å². The third-order valence-electron chi connectivity index (χ3n) is 2.65. The minimum absolute atomic E-state index is 0.0683. The number of halogens is 1. The molecule has 0 aliphatic heterocycles. The van der Waals surface area contributed by atoms with Crippen LogP contribution in [0.1, 0.15) is 18.9 Å². The average Bonchev–Trinajstić information content (AvgIpc) is 2.28. The van der Waals surface area contributed by atoms with E-state index >= 15 is 0 Å². The number of hydrogen-bond acceptors (Lipinski definition) is 2. The van der Waals surface area contributed by atoms with Gasteiger partial charge in [0.1, 0.15) is 5.82 Å². The predicted octanol–water partition coefficient (Wildman–Crippen LogP) is 1.56. The molecule has 1 rings (SSSR count). The van der Waals surface area contributed by atoms with Crippen molar-refractivity contribution in [1.29, 1.82) is 0 Å². The highest BCUT2D eigenvalue weighted by Crippen LogP contribution is 2.08. The zero-order valence-corrected chi connectivity index (χ0v) is 10.3. The Kier molecular flexibility index (Phi) is 5.10. The molecule has 0 radical (unpaired) electrons. The third kappa shape index (κ3) is 4.53. The Balaban J connectivity index is 2.52. The molecule has 0 saturated carbocycles. The monoisotopic (exact) mass is 238 g/mol. The van der Waals surface area contributed by atoms with Crippen LogP contribution in [0.3, 0.4) is 0 Å². The number of hydrogen-bond donors (Lipinski definition) is 1. The first-order valence-corrected chi connectivity index (χ1v) is 5.73. The Morgan fingerprint density at radius 1 is 1.47 bits per heavy atom. The van der Waals surface area contributed by atoms with Crippen LogP contribution in [0.2, 0.25) is 0 Å². The summed E-state index contributed by atoms with van der Waals surface area (Å²) in [6, 6.07) is 6.41. The molecule has 0 heterocycles. The fraction of sp³-hybridized carbons (Fsp3) is 0.462. The van der Waals surface area contributed by atoms with Crippen molar-refractivity contribution in [3.63, 3.8) is 0 Å². The van der Waals surface area contributed by atoms with E-state index in [1.165, 1.54) is 6.07 Å². The largest absolute Gasteiger partial charge is 0.345 e. The number of benzene rings is 1. The Labute approximate surface area is 101 Å². The van der Waals surface area contributed by atoms with Crippen LogP contribution in [0.4, 0.5) is 4.39 Å². The normalized spacial score (nSPS) is 12.2. The summed E-state index contributed by atoms with van der Waals surface area (Å²) in [5.41, 5.74) is 6.05. The van der Waals surface area contributed by atoms with Crippen molar-refractivity contribution in [2.24, 2.45) is 5.73 Å². The first-order chi connectivity index (χ1) is 8.00. The van der Waals surface area contributed by atoms with E-state index in [1.807, 2.05) is 6.92 Å². The van der Waals surface area contributed by atoms with E-state index in [0.29, 0.717) is 12.1 Å². The van der Waals surface area contributed by atoms with Gasteiger partial charge in [-0.15, -0.1) is 0 Å². The summed E-state index contributed by atoms with van der Waals surface area (Å²) in [7, 11) is 1.71. The highest BCUT2D eigenvalue weighted by Gasteiger charge is 2.12. The van der Waals surface area contributed by atoms with Crippen molar-refractivity contribution in [3.05, 3.63) is 35.6 Å². The van der Waals surface area contributed by atoms with Gasteiger partial charge in [0, 0.05) is 19.6 Å². The molecule has 0 aromatic heterocycles. The topological polar surface area (TPSA) is 46.3 Å². The van der Waals surface area contributed by atoms with Crippen LogP contribution in [0.5, 0.6) is 0 Å². The standard InChI is InChI=1S/C13H19FN2O/c1-10(15)7-8-16(2)13(17)9-11-5-3-4-6-12(11)14/h3-6,10H,7-9,15H2,1-2H3. The molecule has 0 spiro atoms. The van der Waals surface area contributed by atoms with Crippen LogP contribution in [-0.4, -0.2) is 30.4 Å². The first-order valence-electron chi connectivity index (χ1n) is 5.73. The molecule has 1 aromatic carbocycles. The second kappa shape index (κ2) is 6.35. The highest BCUT2D eigenvalue weighted by molar-refractivity contribution is 5.78. The zero-order chi connectivity index (χ0) is 12.8. The molecule has 4 heteroatoms. The van der Waals surface area contributed by atoms with Gasteiger partial charge in [-0.3, -0.25) is 4.79 Å². The molecular formula is C13H19FN2O. The lowest BCUT2D eigenvalue weighted by Gasteiger charge is -2.18. The van der Waals surface area contributed by atoms with Crippen LogP contribution >= 0.6 is 0 Å². The molecule has 0 bridgehead atoms. The lowest BCUT2D eigenvalue weighted by Crippen LogP contribution is -2.32. The fourth-order valence-electron chi connectivity index (χ4n) is 1.46. The van der Waals surface area contributed by atoms with Gasteiger partial charge in [-0.1, -0.05) is 18.2 Å². The Morgan fingerprint density at radius 2 is 2.12 bits per heavy atom. The molecule has 17 heavy (non-hydrogen) atoms. The summed E-state index contributed by atoms with van der Waals surface area (Å²) < 4.78 is 13.3. The minimum atomic E-state index is -0.332. The van der Waals surface area contributed by atoms with Gasteiger partial charge in [0.25, 0.3) is 0 Å². The second-order valence-corrected chi connectivity index (χ2v) is 4.35. The Hall–Kier alpha value is -1.42. The molecule has 1 unspecified atom stereocenters. The van der Waals surface area contributed by atoms with Gasteiger partial charge < -0.3 is 10.6 Å². The van der Waals surface area contributed by atoms with Crippen molar-refractivity contribution in [2.45, 2.75) is 25.8 Å². The van der Waals surface area contributed by atoms with Crippen LogP contribution in [-0.2, 0) is 11.2 Å². The van der Waals surface area contributed by atoms with Gasteiger partial charge in [0.2, 0.25) is 5.91 Å². The van der Waals surface area contributed by atoms with Gasteiger partial charge in [-0.25, -0.2) is 4.39 Å². The van der Waals surface area contributed by atoms with Gasteiger partial charge in [-0.05, 0) is 25.0 Å². The molecule has 0 fully saturated rings. The molecule has 1 atom stereocenters. The number of nitrogens with zero attached hydrogens (tertiary/aromatic N) is 1. The number of carbonyl (C=O) groups is 1. The molecule has 3 nitrogen and oxygen atoms in total. The summed E-state index contributed by atoms with van der Waals surface area (Å²) in [6.45, 7) is 2.50. The summed E-state index contributed by atoms with van der Waals surface area (Å²) in [4.78, 5) is 13.4. The maximum atomic E-state index is 13.3. The quantitative estimate of drug-likeness (QED) is 0.846. The van der Waals surface area contributed by atoms with Crippen molar-refractivity contribution >= 4 is 5.91 Å². The van der Waals surface area contributed by atoms with Crippen molar-refractivity contribution in [3.8, 4) is 0 Å². The summed E-state index contributed by atoms with van der Waals surface area (Å²) >= 11 is 0. The number of rotatable bonds is 5. The highest BCUT2D eigenvalue weighted by atomic mass is 19.1. The van der Waals surface area contributed by atoms with Crippen molar-refractivity contribution < 1.29 is 9.18 Å². The number of amides is 1. The number of likely N-dealkylation sites (N-methyl/N-ethyl adjacent to an activating group) is 1. The molecule has 94 valence electrons. The molecule has 0 aliphatic rings. The van der Waals surface area contributed by atoms with E-state index in [2.05, 4.69) is 0 Å². The van der Waals surface area contributed by atoms with E-state index < -0.39 is 0 Å². The average molecular weight is 238 g/mol. The molecule has 0 saturated heterocycles. The zero-order valence-electron chi connectivity index (χ0n) is 10.3. The third-order valence-corrected chi connectivity index (χ3v) is 2.65. The van der Waals surface area contributed by atoms with E-state index in [1.54, 1.807) is 30.1 Å². The minimum Gasteiger partial charge on any atom is -0.345 e. The molecule has 0 aliphatic carbocycles. The smallest absolute Gasteiger partial charge is 0.226 e. The molecule has 1 amide bonds. The fourth-order valence-corrected chi connectivity index (χ4v) is 1.46. The van der Waals surface area contributed by atoms with Crippen LogP contribution in [0.15, 0.2) is 24.3 Å². The molecule has 1 aromatic rings. The predicted molar refractivity (Wildman–Crippen MR) is 66.0 cm³/mol. The summed E-state index contributed by atoms with van der Waals surface area (Å²) in [5.74, 6) is -0.419. The van der Waals surface area contributed by atoms with Crippen LogP contribution in [0, 0.1) is 5.82 Å². The molecule has 2 N–H and O–H groups in total. The number of nitrogens with two attached hydrogens (primary N) is 1. The lowest BCUT2D eigenvalue weighted by atomic mass is 10.1. The van der Waals surface area contributed by atoms with E-state index in [-0.39, 0.29) is 24.2 Å². The Bertz CT molecular complexity index is 379. The van der Waals surface area contributed by atoms with Crippen molar-refractivity contribution in [2.75, 3.05) is 13.6 Å². The van der Waals surface area contributed by atoms with Crippen molar-refractivity contribution in [1.82, 2.24) is 4.90 Å². The van der Waals surface area contributed by atoms with E-state index in [4.69, 9.17) is 5.73 Å².